The van der Waals surface area contributed by atoms with Gasteiger partial charge in [0.2, 0.25) is 11.9 Å². The average molecular weight is 412 g/mol. The van der Waals surface area contributed by atoms with Crippen molar-refractivity contribution in [3.63, 3.8) is 0 Å². The SMILES string of the molecule is Cc1nc(-n2nc(-c3cccs3)cc2NC(=O)CCC2CCCC2)[nH]c(=O)c1C. The third kappa shape index (κ3) is 4.32. The van der Waals surface area contributed by atoms with Gasteiger partial charge in [-0.2, -0.15) is 9.78 Å². The Kier molecular flexibility index (Phi) is 5.62. The third-order valence-corrected chi connectivity index (χ3v) is 6.48. The van der Waals surface area contributed by atoms with E-state index in [0.717, 1.165) is 17.0 Å². The minimum absolute atomic E-state index is 0.0399. The zero-order valence-corrected chi connectivity index (χ0v) is 17.5. The lowest BCUT2D eigenvalue weighted by atomic mass is 10.0. The highest BCUT2D eigenvalue weighted by molar-refractivity contribution is 7.13. The van der Waals surface area contributed by atoms with Gasteiger partial charge in [-0.15, -0.1) is 11.3 Å². The van der Waals surface area contributed by atoms with Gasteiger partial charge in [0.05, 0.1) is 4.88 Å². The fourth-order valence-corrected chi connectivity index (χ4v) is 4.43. The van der Waals surface area contributed by atoms with Gasteiger partial charge in [-0.05, 0) is 37.6 Å². The lowest BCUT2D eigenvalue weighted by Crippen LogP contribution is -2.21. The van der Waals surface area contributed by atoms with Crippen molar-refractivity contribution in [3.05, 3.63) is 45.2 Å². The zero-order valence-electron chi connectivity index (χ0n) is 16.7. The van der Waals surface area contributed by atoms with Gasteiger partial charge in [-0.3, -0.25) is 14.6 Å². The molecule has 1 aliphatic carbocycles. The fourth-order valence-electron chi connectivity index (χ4n) is 3.75. The van der Waals surface area contributed by atoms with E-state index in [4.69, 9.17) is 0 Å². The van der Waals surface area contributed by atoms with E-state index < -0.39 is 0 Å². The van der Waals surface area contributed by atoms with E-state index in [1.807, 2.05) is 23.6 Å². The Morgan fingerprint density at radius 3 is 2.83 bits per heavy atom. The second-order valence-electron chi connectivity index (χ2n) is 7.64. The summed E-state index contributed by atoms with van der Waals surface area (Å²) in [5, 5.41) is 9.55. The van der Waals surface area contributed by atoms with E-state index in [1.54, 1.807) is 25.2 Å². The number of rotatable bonds is 6. The van der Waals surface area contributed by atoms with Crippen LogP contribution in [0.5, 0.6) is 0 Å². The van der Waals surface area contributed by atoms with Crippen molar-refractivity contribution in [1.82, 2.24) is 19.7 Å². The maximum absolute atomic E-state index is 12.6. The molecule has 1 fully saturated rings. The molecular formula is C21H25N5O2S. The Labute approximate surface area is 173 Å². The molecule has 3 aromatic rings. The monoisotopic (exact) mass is 411 g/mol. The van der Waals surface area contributed by atoms with Crippen LogP contribution in [0.25, 0.3) is 16.5 Å². The first-order valence-electron chi connectivity index (χ1n) is 10.0. The van der Waals surface area contributed by atoms with Crippen molar-refractivity contribution < 1.29 is 4.79 Å². The molecule has 8 heteroatoms. The zero-order chi connectivity index (χ0) is 20.4. The van der Waals surface area contributed by atoms with Gasteiger partial charge in [0.25, 0.3) is 5.56 Å². The van der Waals surface area contributed by atoms with Gasteiger partial charge in [-0.1, -0.05) is 31.7 Å². The standard InChI is InChI=1S/C21H25N5O2S/c1-13-14(2)22-21(24-20(13)28)26-18(12-16(25-26)17-8-5-11-29-17)23-19(27)10-9-15-6-3-4-7-15/h5,8,11-12,15H,3-4,6-7,9-10H2,1-2H3,(H,23,27)(H,22,24,28). The molecule has 29 heavy (non-hydrogen) atoms. The molecule has 0 saturated heterocycles. The molecular weight excluding hydrogens is 386 g/mol. The lowest BCUT2D eigenvalue weighted by molar-refractivity contribution is -0.116. The molecule has 2 N–H and O–H groups in total. The summed E-state index contributed by atoms with van der Waals surface area (Å²) < 4.78 is 1.51. The highest BCUT2D eigenvalue weighted by Gasteiger charge is 2.19. The smallest absolute Gasteiger partial charge is 0.255 e. The quantitative estimate of drug-likeness (QED) is 0.635. The molecule has 4 rings (SSSR count). The van der Waals surface area contributed by atoms with Crippen LogP contribution in [0.4, 0.5) is 5.82 Å². The maximum Gasteiger partial charge on any atom is 0.255 e. The Hall–Kier alpha value is -2.74. The number of anilines is 1. The molecule has 0 atom stereocenters. The van der Waals surface area contributed by atoms with Gasteiger partial charge in [0.1, 0.15) is 11.5 Å². The van der Waals surface area contributed by atoms with Crippen LogP contribution in [0.3, 0.4) is 0 Å². The summed E-state index contributed by atoms with van der Waals surface area (Å²) >= 11 is 1.57. The molecule has 0 aliphatic heterocycles. The Balaban J connectivity index is 1.62. The van der Waals surface area contributed by atoms with Gasteiger partial charge < -0.3 is 5.32 Å². The summed E-state index contributed by atoms with van der Waals surface area (Å²) in [5.74, 6) is 1.43. The van der Waals surface area contributed by atoms with Crippen LogP contribution in [0.2, 0.25) is 0 Å². The highest BCUT2D eigenvalue weighted by Crippen LogP contribution is 2.30. The molecule has 0 spiro atoms. The number of aryl methyl sites for hydroxylation is 1. The van der Waals surface area contributed by atoms with Gasteiger partial charge >= 0.3 is 0 Å². The molecule has 3 heterocycles. The Morgan fingerprint density at radius 1 is 1.34 bits per heavy atom. The Morgan fingerprint density at radius 2 is 2.14 bits per heavy atom. The number of aromatic amines is 1. The van der Waals surface area contributed by atoms with E-state index in [0.29, 0.717) is 35.4 Å². The predicted molar refractivity (Wildman–Crippen MR) is 115 cm³/mol. The molecule has 152 valence electrons. The summed E-state index contributed by atoms with van der Waals surface area (Å²) in [6, 6.07) is 5.75. The fraction of sp³-hybridized carbons (Fsp3) is 0.429. The molecule has 0 bridgehead atoms. The molecule has 0 radical (unpaired) electrons. The van der Waals surface area contributed by atoms with Crippen molar-refractivity contribution in [2.45, 2.75) is 52.4 Å². The number of carbonyl (C=O) groups is 1. The van der Waals surface area contributed by atoms with Crippen molar-refractivity contribution in [2.24, 2.45) is 5.92 Å². The second kappa shape index (κ2) is 8.32. The van der Waals surface area contributed by atoms with E-state index in [1.165, 1.54) is 30.4 Å². The predicted octanol–water partition coefficient (Wildman–Crippen LogP) is 4.21. The lowest BCUT2D eigenvalue weighted by Gasteiger charge is -2.11. The van der Waals surface area contributed by atoms with E-state index in [2.05, 4.69) is 20.4 Å². The number of carbonyl (C=O) groups excluding carboxylic acids is 1. The van der Waals surface area contributed by atoms with Gasteiger partial charge in [-0.25, -0.2) is 4.98 Å². The number of nitrogens with zero attached hydrogens (tertiary/aromatic N) is 3. The van der Waals surface area contributed by atoms with E-state index in [-0.39, 0.29) is 11.5 Å². The minimum Gasteiger partial charge on any atom is -0.310 e. The number of H-pyrrole nitrogens is 1. The van der Waals surface area contributed by atoms with Crippen LogP contribution in [0, 0.1) is 19.8 Å². The van der Waals surface area contributed by atoms with Gasteiger partial charge in [0.15, 0.2) is 0 Å². The van der Waals surface area contributed by atoms with Crippen LogP contribution in [0.15, 0.2) is 28.4 Å². The van der Waals surface area contributed by atoms with Crippen LogP contribution in [0.1, 0.15) is 49.8 Å². The van der Waals surface area contributed by atoms with Crippen molar-refractivity contribution >= 4 is 23.1 Å². The van der Waals surface area contributed by atoms with Crippen LogP contribution < -0.4 is 10.9 Å². The average Bonchev–Trinajstić information content (AvgIpc) is 3.45. The van der Waals surface area contributed by atoms with E-state index >= 15 is 0 Å². The molecule has 1 aliphatic rings. The first-order chi connectivity index (χ1) is 14.0. The third-order valence-electron chi connectivity index (χ3n) is 5.59. The van der Waals surface area contributed by atoms with Crippen LogP contribution in [-0.2, 0) is 4.79 Å². The summed E-state index contributed by atoms with van der Waals surface area (Å²) in [5.41, 5.74) is 1.73. The number of hydrogen-bond donors (Lipinski definition) is 2. The van der Waals surface area contributed by atoms with Crippen LogP contribution >= 0.6 is 11.3 Å². The maximum atomic E-state index is 12.6. The normalized spacial score (nSPS) is 14.4. The van der Waals surface area contributed by atoms with Crippen molar-refractivity contribution in [1.29, 1.82) is 0 Å². The topological polar surface area (TPSA) is 92.7 Å². The summed E-state index contributed by atoms with van der Waals surface area (Å²) in [7, 11) is 0. The second-order valence-corrected chi connectivity index (χ2v) is 8.59. The summed E-state index contributed by atoms with van der Waals surface area (Å²) in [4.78, 5) is 33.0. The molecule has 7 nitrogen and oxygen atoms in total. The van der Waals surface area contributed by atoms with Gasteiger partial charge in [0, 0.05) is 23.7 Å². The first kappa shape index (κ1) is 19.6. The molecule has 1 saturated carbocycles. The minimum atomic E-state index is -0.209. The molecule has 1 amide bonds. The van der Waals surface area contributed by atoms with Crippen molar-refractivity contribution in [3.8, 4) is 16.5 Å². The number of aromatic nitrogens is 4. The largest absolute Gasteiger partial charge is 0.310 e. The van der Waals surface area contributed by atoms with E-state index in [9.17, 15) is 9.59 Å². The number of amides is 1. The number of nitrogens with one attached hydrogen (secondary N) is 2. The van der Waals surface area contributed by atoms with Crippen LogP contribution in [-0.4, -0.2) is 25.7 Å². The summed E-state index contributed by atoms with van der Waals surface area (Å²) in [6.45, 7) is 3.52. The molecule has 0 unspecified atom stereocenters. The first-order valence-corrected chi connectivity index (χ1v) is 10.9. The summed E-state index contributed by atoms with van der Waals surface area (Å²) in [6.07, 6.45) is 6.39. The number of thiophene rings is 1. The molecule has 3 aromatic heterocycles. The number of hydrogen-bond acceptors (Lipinski definition) is 5. The molecule has 0 aromatic carbocycles. The Bertz CT molecular complexity index is 1060. The highest BCUT2D eigenvalue weighted by atomic mass is 32.1. The van der Waals surface area contributed by atoms with Crippen molar-refractivity contribution in [2.75, 3.05) is 5.32 Å².